The molecule has 3 aromatic rings. The first-order chi connectivity index (χ1) is 14.5. The van der Waals surface area contributed by atoms with Crippen LogP contribution >= 0.6 is 0 Å². The van der Waals surface area contributed by atoms with Crippen LogP contribution in [0, 0.1) is 12.8 Å². The van der Waals surface area contributed by atoms with Gasteiger partial charge in [-0.15, -0.1) is 5.10 Å². The van der Waals surface area contributed by atoms with Crippen molar-refractivity contribution in [2.75, 3.05) is 13.1 Å². The molecule has 2 aromatic heterocycles. The average molecular weight is 406 g/mol. The average Bonchev–Trinajstić information content (AvgIpc) is 3.41. The molecule has 1 N–H and O–H groups in total. The van der Waals surface area contributed by atoms with E-state index in [1.165, 1.54) is 0 Å². The highest BCUT2D eigenvalue weighted by atomic mass is 16.2. The van der Waals surface area contributed by atoms with Gasteiger partial charge in [-0.25, -0.2) is 4.68 Å². The van der Waals surface area contributed by atoms with Crippen molar-refractivity contribution in [1.82, 2.24) is 30.2 Å². The Bertz CT molecular complexity index is 1080. The van der Waals surface area contributed by atoms with Gasteiger partial charge in [0, 0.05) is 36.3 Å². The van der Waals surface area contributed by atoms with E-state index in [9.17, 15) is 9.59 Å². The highest BCUT2D eigenvalue weighted by Gasteiger charge is 2.31. The number of carbonyl (C=O) groups excluding carboxylic acids is 2. The van der Waals surface area contributed by atoms with Crippen molar-refractivity contribution in [1.29, 1.82) is 0 Å². The van der Waals surface area contributed by atoms with E-state index in [1.54, 1.807) is 17.1 Å². The maximum absolute atomic E-state index is 13.0. The Balaban J connectivity index is 1.61. The highest BCUT2D eigenvalue weighted by Crippen LogP contribution is 2.22. The van der Waals surface area contributed by atoms with E-state index in [1.807, 2.05) is 49.9 Å². The maximum Gasteiger partial charge on any atom is 0.274 e. The second-order valence-corrected chi connectivity index (χ2v) is 8.04. The van der Waals surface area contributed by atoms with Crippen molar-refractivity contribution in [3.8, 4) is 5.69 Å². The molecule has 0 bridgehead atoms. The van der Waals surface area contributed by atoms with E-state index < -0.39 is 6.04 Å². The second kappa shape index (κ2) is 8.22. The lowest BCUT2D eigenvalue weighted by molar-refractivity contribution is -0.133. The smallest absolute Gasteiger partial charge is 0.274 e. The standard InChI is InChI=1S/C22H26N6O2/c1-14(2)19(22(30)27-11-4-5-12-27)24-21(29)20-15(3)28(26-25-20)18-8-6-7-16-13-23-10-9-17(16)18/h6-10,13-14,19H,4-5,11-12H2,1-3H3,(H,24,29)/t19-/m0/s1. The van der Waals surface area contributed by atoms with E-state index in [-0.39, 0.29) is 23.4 Å². The predicted octanol–water partition coefficient (Wildman–Crippen LogP) is 2.50. The lowest BCUT2D eigenvalue weighted by Gasteiger charge is -2.26. The molecule has 1 aromatic carbocycles. The van der Waals surface area contributed by atoms with E-state index in [0.717, 1.165) is 42.4 Å². The topological polar surface area (TPSA) is 93.0 Å². The first-order valence-electron chi connectivity index (χ1n) is 10.3. The number of fused-ring (bicyclic) bond motifs is 1. The molecule has 1 aliphatic heterocycles. The van der Waals surface area contributed by atoms with Crippen LogP contribution < -0.4 is 5.32 Å². The van der Waals surface area contributed by atoms with Gasteiger partial charge in [-0.05, 0) is 37.8 Å². The molecule has 0 radical (unpaired) electrons. The predicted molar refractivity (Wildman–Crippen MR) is 113 cm³/mol. The molecule has 3 heterocycles. The number of rotatable bonds is 5. The molecule has 156 valence electrons. The van der Waals surface area contributed by atoms with Gasteiger partial charge in [0.05, 0.1) is 11.4 Å². The zero-order valence-electron chi connectivity index (χ0n) is 17.5. The Morgan fingerprint density at radius 3 is 2.63 bits per heavy atom. The van der Waals surface area contributed by atoms with E-state index >= 15 is 0 Å². The zero-order valence-corrected chi connectivity index (χ0v) is 17.5. The SMILES string of the molecule is Cc1c(C(=O)N[C@H](C(=O)N2CCCC2)C(C)C)nnn1-c1cccc2cnccc12. The Morgan fingerprint density at radius 2 is 1.90 bits per heavy atom. The van der Waals surface area contributed by atoms with Crippen molar-refractivity contribution >= 4 is 22.6 Å². The fourth-order valence-corrected chi connectivity index (χ4v) is 3.92. The number of carbonyl (C=O) groups is 2. The van der Waals surface area contributed by atoms with Gasteiger partial charge in [0.1, 0.15) is 6.04 Å². The Morgan fingerprint density at radius 1 is 1.13 bits per heavy atom. The van der Waals surface area contributed by atoms with Gasteiger partial charge >= 0.3 is 0 Å². The van der Waals surface area contributed by atoms with E-state index in [2.05, 4.69) is 20.6 Å². The van der Waals surface area contributed by atoms with E-state index in [0.29, 0.717) is 5.69 Å². The molecule has 1 fully saturated rings. The molecule has 0 saturated carbocycles. The number of likely N-dealkylation sites (tertiary alicyclic amines) is 1. The number of nitrogens with one attached hydrogen (secondary N) is 1. The lowest BCUT2D eigenvalue weighted by Crippen LogP contribution is -2.50. The molecule has 1 atom stereocenters. The largest absolute Gasteiger partial charge is 0.341 e. The number of nitrogens with zero attached hydrogens (tertiary/aromatic N) is 5. The molecule has 2 amide bonds. The molecule has 8 nitrogen and oxygen atoms in total. The van der Waals surface area contributed by atoms with Crippen molar-refractivity contribution in [3.63, 3.8) is 0 Å². The first-order valence-corrected chi connectivity index (χ1v) is 10.3. The van der Waals surface area contributed by atoms with Gasteiger partial charge in [0.2, 0.25) is 5.91 Å². The minimum Gasteiger partial charge on any atom is -0.341 e. The molecule has 0 aliphatic carbocycles. The van der Waals surface area contributed by atoms with Crippen LogP contribution in [0.25, 0.3) is 16.5 Å². The van der Waals surface area contributed by atoms with Gasteiger partial charge in [-0.3, -0.25) is 14.6 Å². The van der Waals surface area contributed by atoms with Gasteiger partial charge in [-0.2, -0.15) is 0 Å². The van der Waals surface area contributed by atoms with Gasteiger partial charge in [0.25, 0.3) is 5.91 Å². The van der Waals surface area contributed by atoms with Crippen LogP contribution in [0.15, 0.2) is 36.7 Å². The van der Waals surface area contributed by atoms with Crippen LogP contribution in [0.2, 0.25) is 0 Å². The fraction of sp³-hybridized carbons (Fsp3) is 0.409. The summed E-state index contributed by atoms with van der Waals surface area (Å²) in [5.41, 5.74) is 1.67. The number of aromatic nitrogens is 4. The maximum atomic E-state index is 13.0. The lowest BCUT2D eigenvalue weighted by atomic mass is 10.0. The number of benzene rings is 1. The Labute approximate surface area is 175 Å². The molecular weight excluding hydrogens is 380 g/mol. The van der Waals surface area contributed by atoms with Crippen LogP contribution in [0.4, 0.5) is 0 Å². The third-order valence-corrected chi connectivity index (χ3v) is 5.63. The quantitative estimate of drug-likeness (QED) is 0.703. The number of hydrogen-bond acceptors (Lipinski definition) is 5. The monoisotopic (exact) mass is 406 g/mol. The van der Waals surface area contributed by atoms with Crippen LogP contribution in [-0.2, 0) is 4.79 Å². The van der Waals surface area contributed by atoms with Crippen molar-refractivity contribution in [2.24, 2.45) is 5.92 Å². The van der Waals surface area contributed by atoms with Crippen molar-refractivity contribution in [3.05, 3.63) is 48.0 Å². The molecule has 1 aliphatic rings. The summed E-state index contributed by atoms with van der Waals surface area (Å²) in [6.07, 6.45) is 5.54. The summed E-state index contributed by atoms with van der Waals surface area (Å²) in [5.74, 6) is -0.433. The number of amides is 2. The van der Waals surface area contributed by atoms with Crippen molar-refractivity contribution < 1.29 is 9.59 Å². The molecule has 30 heavy (non-hydrogen) atoms. The van der Waals surface area contributed by atoms with Gasteiger partial charge in [0.15, 0.2) is 5.69 Å². The highest BCUT2D eigenvalue weighted by molar-refractivity contribution is 5.97. The summed E-state index contributed by atoms with van der Waals surface area (Å²) in [6.45, 7) is 7.19. The molecule has 0 unspecified atom stereocenters. The molecule has 0 spiro atoms. The number of hydrogen-bond donors (Lipinski definition) is 1. The fourth-order valence-electron chi connectivity index (χ4n) is 3.92. The summed E-state index contributed by atoms with van der Waals surface area (Å²) in [7, 11) is 0. The summed E-state index contributed by atoms with van der Waals surface area (Å²) in [4.78, 5) is 31.9. The zero-order chi connectivity index (χ0) is 21.3. The number of pyridine rings is 1. The summed E-state index contributed by atoms with van der Waals surface area (Å²) < 4.78 is 1.66. The van der Waals surface area contributed by atoms with Crippen LogP contribution in [0.3, 0.4) is 0 Å². The Hall–Kier alpha value is -3.29. The van der Waals surface area contributed by atoms with Crippen LogP contribution in [0.1, 0.15) is 42.9 Å². The van der Waals surface area contributed by atoms with Crippen LogP contribution in [0.5, 0.6) is 0 Å². The summed E-state index contributed by atoms with van der Waals surface area (Å²) in [5, 5.41) is 13.2. The Kier molecular flexibility index (Phi) is 5.48. The summed E-state index contributed by atoms with van der Waals surface area (Å²) >= 11 is 0. The first kappa shape index (κ1) is 20.0. The molecule has 4 rings (SSSR count). The molecule has 8 heteroatoms. The molecular formula is C22H26N6O2. The summed E-state index contributed by atoms with van der Waals surface area (Å²) in [6, 6.07) is 7.16. The van der Waals surface area contributed by atoms with Crippen LogP contribution in [-0.4, -0.2) is 55.8 Å². The third-order valence-electron chi connectivity index (χ3n) is 5.63. The van der Waals surface area contributed by atoms with Gasteiger partial charge in [-0.1, -0.05) is 31.2 Å². The second-order valence-electron chi connectivity index (χ2n) is 8.04. The minimum absolute atomic E-state index is 0.0250. The minimum atomic E-state index is -0.580. The van der Waals surface area contributed by atoms with Gasteiger partial charge < -0.3 is 10.2 Å². The third kappa shape index (κ3) is 3.65. The van der Waals surface area contributed by atoms with E-state index in [4.69, 9.17) is 0 Å². The van der Waals surface area contributed by atoms with Crippen molar-refractivity contribution in [2.45, 2.75) is 39.7 Å². The normalized spacial score (nSPS) is 15.0. The molecule has 1 saturated heterocycles.